The summed E-state index contributed by atoms with van der Waals surface area (Å²) in [5.74, 6) is 0.767. The number of likely N-dealkylation sites (tertiary alicyclic amines) is 1. The molecule has 0 bridgehead atoms. The number of benzene rings is 1. The van der Waals surface area contributed by atoms with Crippen molar-refractivity contribution in [1.82, 2.24) is 4.90 Å². The van der Waals surface area contributed by atoms with Crippen molar-refractivity contribution in [2.75, 3.05) is 32.6 Å². The Balaban J connectivity index is 1.72. The fraction of sp³-hybridized carbons (Fsp3) is 0.368. The van der Waals surface area contributed by atoms with Crippen LogP contribution in [0.2, 0.25) is 0 Å². The summed E-state index contributed by atoms with van der Waals surface area (Å²) in [6.07, 6.45) is 1.94. The van der Waals surface area contributed by atoms with E-state index in [-0.39, 0.29) is 18.5 Å². The molecule has 2 aromatic rings. The van der Waals surface area contributed by atoms with Gasteiger partial charge in [0.2, 0.25) is 5.91 Å². The zero-order valence-electron chi connectivity index (χ0n) is 15.4. The molecule has 0 saturated carbocycles. The van der Waals surface area contributed by atoms with Crippen molar-refractivity contribution < 1.29 is 19.1 Å². The summed E-state index contributed by atoms with van der Waals surface area (Å²) in [6.45, 7) is 1.05. The van der Waals surface area contributed by atoms with Gasteiger partial charge in [0, 0.05) is 17.7 Å². The van der Waals surface area contributed by atoms with Crippen LogP contribution in [0.25, 0.3) is 0 Å². The molecule has 1 fully saturated rings. The summed E-state index contributed by atoms with van der Waals surface area (Å²) in [5, 5.41) is 5.03. The molecule has 1 atom stereocenters. The van der Waals surface area contributed by atoms with E-state index < -0.39 is 5.91 Å². The monoisotopic (exact) mass is 389 g/mol. The van der Waals surface area contributed by atoms with Crippen molar-refractivity contribution in [3.63, 3.8) is 0 Å². The van der Waals surface area contributed by atoms with E-state index in [0.29, 0.717) is 10.6 Å². The lowest BCUT2D eigenvalue weighted by molar-refractivity contribution is -0.117. The zero-order chi connectivity index (χ0) is 19.4. The van der Waals surface area contributed by atoms with E-state index in [9.17, 15) is 9.59 Å². The Morgan fingerprint density at radius 1 is 1.30 bits per heavy atom. The summed E-state index contributed by atoms with van der Waals surface area (Å²) in [5.41, 5.74) is 6.71. The first-order chi connectivity index (χ1) is 13.0. The number of rotatable bonds is 7. The molecule has 2 heterocycles. The summed E-state index contributed by atoms with van der Waals surface area (Å²) < 4.78 is 10.8. The van der Waals surface area contributed by atoms with E-state index in [1.165, 1.54) is 11.3 Å². The zero-order valence-corrected chi connectivity index (χ0v) is 16.2. The molecule has 0 unspecified atom stereocenters. The van der Waals surface area contributed by atoms with Crippen LogP contribution in [-0.2, 0) is 4.79 Å². The highest BCUT2D eigenvalue weighted by molar-refractivity contribution is 7.14. The van der Waals surface area contributed by atoms with Gasteiger partial charge in [0.1, 0.15) is 16.5 Å². The van der Waals surface area contributed by atoms with Crippen LogP contribution in [-0.4, -0.2) is 44.0 Å². The van der Waals surface area contributed by atoms with Crippen molar-refractivity contribution in [2.24, 2.45) is 5.73 Å². The number of hydrogen-bond donors (Lipinski definition) is 2. The minimum atomic E-state index is -0.548. The van der Waals surface area contributed by atoms with Gasteiger partial charge in [-0.15, -0.1) is 11.3 Å². The first-order valence-corrected chi connectivity index (χ1v) is 9.54. The molecule has 0 spiro atoms. The lowest BCUT2D eigenvalue weighted by Gasteiger charge is -2.25. The van der Waals surface area contributed by atoms with Gasteiger partial charge in [-0.05, 0) is 36.9 Å². The normalized spacial score (nSPS) is 16.9. The third-order valence-electron chi connectivity index (χ3n) is 4.69. The van der Waals surface area contributed by atoms with Gasteiger partial charge >= 0.3 is 0 Å². The van der Waals surface area contributed by atoms with Crippen LogP contribution in [0.3, 0.4) is 0 Å². The second kappa shape index (κ2) is 8.41. The molecule has 8 heteroatoms. The number of nitrogens with two attached hydrogens (primary N) is 1. The number of ether oxygens (including phenoxy) is 2. The van der Waals surface area contributed by atoms with Gasteiger partial charge in [0.05, 0.1) is 26.3 Å². The number of hydrogen-bond acceptors (Lipinski definition) is 6. The van der Waals surface area contributed by atoms with Gasteiger partial charge in [0.25, 0.3) is 5.91 Å². The van der Waals surface area contributed by atoms with Gasteiger partial charge in [-0.1, -0.05) is 6.07 Å². The van der Waals surface area contributed by atoms with Gasteiger partial charge in [-0.25, -0.2) is 0 Å². The number of thiophene rings is 1. The lowest BCUT2D eigenvalue weighted by Crippen LogP contribution is -2.33. The predicted octanol–water partition coefficient (Wildman–Crippen LogP) is 2.64. The van der Waals surface area contributed by atoms with E-state index in [4.69, 9.17) is 15.2 Å². The maximum atomic E-state index is 12.5. The molecule has 1 saturated heterocycles. The second-order valence-corrected chi connectivity index (χ2v) is 7.23. The maximum Gasteiger partial charge on any atom is 0.251 e. The van der Waals surface area contributed by atoms with Gasteiger partial charge in [-0.3, -0.25) is 14.5 Å². The summed E-state index contributed by atoms with van der Waals surface area (Å²) in [7, 11) is 3.25. The molecule has 1 aliphatic heterocycles. The fourth-order valence-corrected chi connectivity index (χ4v) is 4.22. The second-order valence-electron chi connectivity index (χ2n) is 6.31. The van der Waals surface area contributed by atoms with Crippen LogP contribution >= 0.6 is 11.3 Å². The first-order valence-electron chi connectivity index (χ1n) is 8.66. The Morgan fingerprint density at radius 2 is 2.11 bits per heavy atom. The number of carbonyl (C=O) groups is 2. The Kier molecular flexibility index (Phi) is 5.98. The summed E-state index contributed by atoms with van der Waals surface area (Å²) in [4.78, 5) is 26.1. The van der Waals surface area contributed by atoms with Gasteiger partial charge < -0.3 is 20.5 Å². The number of nitrogens with one attached hydrogen (secondary N) is 1. The number of carbonyl (C=O) groups excluding carboxylic acids is 2. The van der Waals surface area contributed by atoms with E-state index in [2.05, 4.69) is 10.2 Å². The SMILES string of the molecule is COc1ccc([C@H]2CCCN2CC(=O)Nc2sccc2C(N)=O)c(OC)c1. The summed E-state index contributed by atoms with van der Waals surface area (Å²) >= 11 is 1.29. The third kappa shape index (κ3) is 4.23. The molecule has 1 aliphatic rings. The number of nitrogens with zero attached hydrogens (tertiary/aromatic N) is 1. The van der Waals surface area contributed by atoms with E-state index in [0.717, 1.165) is 36.4 Å². The largest absolute Gasteiger partial charge is 0.497 e. The molecule has 0 radical (unpaired) electrons. The number of anilines is 1. The highest BCUT2D eigenvalue weighted by Gasteiger charge is 2.30. The Bertz CT molecular complexity index is 836. The summed E-state index contributed by atoms with van der Waals surface area (Å²) in [6, 6.07) is 7.46. The molecule has 1 aromatic carbocycles. The molecule has 1 aromatic heterocycles. The highest BCUT2D eigenvalue weighted by Crippen LogP contribution is 2.38. The Morgan fingerprint density at radius 3 is 2.81 bits per heavy atom. The molecule has 2 amide bonds. The van der Waals surface area contributed by atoms with E-state index >= 15 is 0 Å². The van der Waals surface area contributed by atoms with Crippen LogP contribution in [0, 0.1) is 0 Å². The number of methoxy groups -OCH3 is 2. The molecule has 3 N–H and O–H groups in total. The molecular weight excluding hydrogens is 366 g/mol. The van der Waals surface area contributed by atoms with Crippen molar-refractivity contribution in [3.8, 4) is 11.5 Å². The van der Waals surface area contributed by atoms with Crippen LogP contribution in [0.15, 0.2) is 29.6 Å². The Labute approximate surface area is 162 Å². The molecular formula is C19H23N3O4S. The number of amides is 2. The van der Waals surface area contributed by atoms with Crippen LogP contribution in [0.4, 0.5) is 5.00 Å². The average Bonchev–Trinajstić information content (AvgIpc) is 3.30. The topological polar surface area (TPSA) is 93.9 Å². The van der Waals surface area contributed by atoms with E-state index in [1.807, 2.05) is 18.2 Å². The maximum absolute atomic E-state index is 12.5. The lowest BCUT2D eigenvalue weighted by atomic mass is 10.0. The van der Waals surface area contributed by atoms with Crippen molar-refractivity contribution >= 4 is 28.2 Å². The van der Waals surface area contributed by atoms with Gasteiger partial charge in [-0.2, -0.15) is 0 Å². The highest BCUT2D eigenvalue weighted by atomic mass is 32.1. The standard InChI is InChI=1S/C19H23N3O4S/c1-25-12-5-6-13(16(10-12)26-2)15-4-3-8-22(15)11-17(23)21-19-14(18(20)24)7-9-27-19/h5-7,9-10,15H,3-4,8,11H2,1-2H3,(H2,20,24)(H,21,23)/t15-/m1/s1. The number of primary amides is 1. The minimum absolute atomic E-state index is 0.0931. The molecule has 3 rings (SSSR count). The quantitative estimate of drug-likeness (QED) is 0.759. The third-order valence-corrected chi connectivity index (χ3v) is 5.52. The van der Waals surface area contributed by atoms with Crippen molar-refractivity contribution in [2.45, 2.75) is 18.9 Å². The van der Waals surface area contributed by atoms with Crippen LogP contribution in [0.5, 0.6) is 11.5 Å². The predicted molar refractivity (Wildman–Crippen MR) is 105 cm³/mol. The molecule has 0 aliphatic carbocycles. The minimum Gasteiger partial charge on any atom is -0.497 e. The molecule has 7 nitrogen and oxygen atoms in total. The molecule has 144 valence electrons. The van der Waals surface area contributed by atoms with Crippen LogP contribution < -0.4 is 20.5 Å². The van der Waals surface area contributed by atoms with Gasteiger partial charge in [0.15, 0.2) is 0 Å². The van der Waals surface area contributed by atoms with Crippen LogP contribution in [0.1, 0.15) is 34.8 Å². The van der Waals surface area contributed by atoms with Crippen molar-refractivity contribution in [3.05, 3.63) is 40.8 Å². The fourth-order valence-electron chi connectivity index (χ4n) is 3.41. The van der Waals surface area contributed by atoms with E-state index in [1.54, 1.807) is 25.7 Å². The molecule has 27 heavy (non-hydrogen) atoms. The first kappa shape index (κ1) is 19.2. The van der Waals surface area contributed by atoms with Crippen molar-refractivity contribution in [1.29, 1.82) is 0 Å². The Hall–Kier alpha value is -2.58. The smallest absolute Gasteiger partial charge is 0.251 e. The average molecular weight is 389 g/mol.